The summed E-state index contributed by atoms with van der Waals surface area (Å²) >= 11 is 0. The van der Waals surface area contributed by atoms with Crippen LogP contribution in [0.3, 0.4) is 0 Å². The molecule has 7 heteroatoms. The lowest BCUT2D eigenvalue weighted by Crippen LogP contribution is -2.41. The Morgan fingerprint density at radius 3 is 2.36 bits per heavy atom. The Hall–Kier alpha value is -1.60. The van der Waals surface area contributed by atoms with E-state index in [1.54, 1.807) is 0 Å². The molecule has 1 fully saturated rings. The highest BCUT2D eigenvalue weighted by molar-refractivity contribution is 5.94. The van der Waals surface area contributed by atoms with E-state index in [1.807, 2.05) is 0 Å². The third-order valence-corrected chi connectivity index (χ3v) is 3.66. The molecule has 1 heterocycles. The molecule has 122 valence electrons. The summed E-state index contributed by atoms with van der Waals surface area (Å²) < 4.78 is 44.9. The van der Waals surface area contributed by atoms with E-state index in [4.69, 9.17) is 10.5 Å². The second-order valence-electron chi connectivity index (χ2n) is 5.26. The number of likely N-dealkylation sites (tertiary alicyclic amines) is 1. The largest absolute Gasteiger partial charge is 0.378 e. The molecule has 0 radical (unpaired) electrons. The van der Waals surface area contributed by atoms with Crippen molar-refractivity contribution >= 4 is 5.91 Å². The summed E-state index contributed by atoms with van der Waals surface area (Å²) in [6.07, 6.45) is 2.16. The standard InChI is InChI=1S/C15H19F3N2O2/c16-12-8-10(9-13(17)14(12)18)15(21)20-5-2-11(3-6-20)22-7-1-4-19/h8-9,11H,1-7,19H2. The van der Waals surface area contributed by atoms with Crippen LogP contribution in [0.1, 0.15) is 29.6 Å². The molecule has 0 aromatic heterocycles. The van der Waals surface area contributed by atoms with Gasteiger partial charge < -0.3 is 15.4 Å². The van der Waals surface area contributed by atoms with Crippen molar-refractivity contribution in [3.8, 4) is 0 Å². The first kappa shape index (κ1) is 16.8. The first-order valence-corrected chi connectivity index (χ1v) is 7.28. The third-order valence-electron chi connectivity index (χ3n) is 3.66. The number of nitrogens with two attached hydrogens (primary N) is 1. The fourth-order valence-corrected chi connectivity index (χ4v) is 2.42. The van der Waals surface area contributed by atoms with Crippen LogP contribution in [0.15, 0.2) is 12.1 Å². The van der Waals surface area contributed by atoms with E-state index in [0.29, 0.717) is 39.1 Å². The molecular weight excluding hydrogens is 297 g/mol. The maximum atomic E-state index is 13.2. The molecule has 1 saturated heterocycles. The molecule has 22 heavy (non-hydrogen) atoms. The van der Waals surface area contributed by atoms with Crippen molar-refractivity contribution in [1.82, 2.24) is 4.90 Å². The number of amides is 1. The first-order valence-electron chi connectivity index (χ1n) is 7.28. The maximum absolute atomic E-state index is 13.2. The van der Waals surface area contributed by atoms with Crippen LogP contribution in [-0.2, 0) is 4.74 Å². The smallest absolute Gasteiger partial charge is 0.254 e. The number of carbonyl (C=O) groups excluding carboxylic acids is 1. The molecule has 1 aromatic rings. The molecule has 0 bridgehead atoms. The average molecular weight is 316 g/mol. The predicted molar refractivity (Wildman–Crippen MR) is 74.9 cm³/mol. The summed E-state index contributed by atoms with van der Waals surface area (Å²) in [6.45, 7) is 2.03. The van der Waals surface area contributed by atoms with Crippen molar-refractivity contribution in [2.45, 2.75) is 25.4 Å². The Balaban J connectivity index is 1.92. The predicted octanol–water partition coefficient (Wildman–Crippen LogP) is 2.07. The van der Waals surface area contributed by atoms with Crippen LogP contribution >= 0.6 is 0 Å². The average Bonchev–Trinajstić information content (AvgIpc) is 2.52. The molecular formula is C15H19F3N2O2. The van der Waals surface area contributed by atoms with E-state index >= 15 is 0 Å². The SMILES string of the molecule is NCCCOC1CCN(C(=O)c2cc(F)c(F)c(F)c2)CC1. The Labute approximate surface area is 127 Å². The van der Waals surface area contributed by atoms with Crippen molar-refractivity contribution in [3.05, 3.63) is 35.1 Å². The van der Waals surface area contributed by atoms with Crippen LogP contribution < -0.4 is 5.73 Å². The van der Waals surface area contributed by atoms with E-state index in [-0.39, 0.29) is 11.7 Å². The second kappa shape index (κ2) is 7.60. The van der Waals surface area contributed by atoms with E-state index in [2.05, 4.69) is 0 Å². The Kier molecular flexibility index (Phi) is 5.79. The van der Waals surface area contributed by atoms with Crippen LogP contribution in [0.2, 0.25) is 0 Å². The molecule has 0 unspecified atom stereocenters. The van der Waals surface area contributed by atoms with Gasteiger partial charge in [-0.15, -0.1) is 0 Å². The van der Waals surface area contributed by atoms with E-state index in [0.717, 1.165) is 18.6 Å². The minimum atomic E-state index is -1.57. The van der Waals surface area contributed by atoms with Crippen LogP contribution in [-0.4, -0.2) is 43.2 Å². The molecule has 1 amide bonds. The van der Waals surface area contributed by atoms with Crippen molar-refractivity contribution in [2.24, 2.45) is 5.73 Å². The van der Waals surface area contributed by atoms with Gasteiger partial charge in [-0.3, -0.25) is 4.79 Å². The van der Waals surface area contributed by atoms with Crippen LogP contribution in [0.25, 0.3) is 0 Å². The molecule has 4 nitrogen and oxygen atoms in total. The zero-order valence-electron chi connectivity index (χ0n) is 12.2. The van der Waals surface area contributed by atoms with Crippen LogP contribution in [0.5, 0.6) is 0 Å². The monoisotopic (exact) mass is 316 g/mol. The summed E-state index contributed by atoms with van der Waals surface area (Å²) in [5, 5.41) is 0. The topological polar surface area (TPSA) is 55.6 Å². The van der Waals surface area contributed by atoms with Gasteiger partial charge in [0.1, 0.15) is 0 Å². The number of hydrogen-bond acceptors (Lipinski definition) is 3. The summed E-state index contributed by atoms with van der Waals surface area (Å²) in [6, 6.07) is 1.45. The van der Waals surface area contributed by atoms with E-state index in [9.17, 15) is 18.0 Å². The van der Waals surface area contributed by atoms with E-state index < -0.39 is 23.4 Å². The molecule has 2 N–H and O–H groups in total. The number of carbonyl (C=O) groups is 1. The Morgan fingerprint density at radius 2 is 1.82 bits per heavy atom. The minimum Gasteiger partial charge on any atom is -0.378 e. The van der Waals surface area contributed by atoms with Gasteiger partial charge in [-0.25, -0.2) is 13.2 Å². The Bertz CT molecular complexity index is 509. The molecule has 0 spiro atoms. The lowest BCUT2D eigenvalue weighted by molar-refractivity contribution is 0.00841. The lowest BCUT2D eigenvalue weighted by Gasteiger charge is -2.32. The highest BCUT2D eigenvalue weighted by Crippen LogP contribution is 2.19. The van der Waals surface area contributed by atoms with Gasteiger partial charge in [0.25, 0.3) is 5.91 Å². The van der Waals surface area contributed by atoms with Crippen molar-refractivity contribution in [2.75, 3.05) is 26.2 Å². The number of piperidine rings is 1. The highest BCUT2D eigenvalue weighted by Gasteiger charge is 2.25. The molecule has 1 aliphatic rings. The zero-order valence-corrected chi connectivity index (χ0v) is 12.2. The van der Waals surface area contributed by atoms with Gasteiger partial charge in [-0.05, 0) is 37.9 Å². The van der Waals surface area contributed by atoms with Crippen LogP contribution in [0, 0.1) is 17.5 Å². The summed E-state index contributed by atoms with van der Waals surface area (Å²) in [5.41, 5.74) is 5.20. The van der Waals surface area contributed by atoms with E-state index in [1.165, 1.54) is 4.90 Å². The zero-order chi connectivity index (χ0) is 16.1. The first-order chi connectivity index (χ1) is 10.5. The molecule has 0 atom stereocenters. The van der Waals surface area contributed by atoms with Gasteiger partial charge >= 0.3 is 0 Å². The van der Waals surface area contributed by atoms with Crippen molar-refractivity contribution < 1.29 is 22.7 Å². The summed E-state index contributed by atoms with van der Waals surface area (Å²) in [5.74, 6) is -4.78. The number of nitrogens with zero attached hydrogens (tertiary/aromatic N) is 1. The minimum absolute atomic E-state index is 0.0669. The maximum Gasteiger partial charge on any atom is 0.254 e. The van der Waals surface area contributed by atoms with Crippen molar-refractivity contribution in [1.29, 1.82) is 0 Å². The molecule has 1 aliphatic heterocycles. The van der Waals surface area contributed by atoms with Gasteiger partial charge in [-0.2, -0.15) is 0 Å². The highest BCUT2D eigenvalue weighted by atomic mass is 19.2. The van der Waals surface area contributed by atoms with Gasteiger partial charge in [0.05, 0.1) is 6.10 Å². The summed E-state index contributed by atoms with van der Waals surface area (Å²) in [7, 11) is 0. The van der Waals surface area contributed by atoms with Gasteiger partial charge in [0, 0.05) is 25.3 Å². The van der Waals surface area contributed by atoms with Gasteiger partial charge in [0.2, 0.25) is 0 Å². The number of rotatable bonds is 5. The molecule has 0 aliphatic carbocycles. The van der Waals surface area contributed by atoms with Crippen LogP contribution in [0.4, 0.5) is 13.2 Å². The number of benzene rings is 1. The van der Waals surface area contributed by atoms with Gasteiger partial charge in [-0.1, -0.05) is 0 Å². The van der Waals surface area contributed by atoms with Crippen molar-refractivity contribution in [3.63, 3.8) is 0 Å². The third kappa shape index (κ3) is 3.98. The second-order valence-corrected chi connectivity index (χ2v) is 5.26. The fourth-order valence-electron chi connectivity index (χ4n) is 2.42. The number of halogens is 3. The number of hydrogen-bond donors (Lipinski definition) is 1. The fraction of sp³-hybridized carbons (Fsp3) is 0.533. The lowest BCUT2D eigenvalue weighted by atomic mass is 10.1. The molecule has 0 saturated carbocycles. The quantitative estimate of drug-likeness (QED) is 0.668. The summed E-state index contributed by atoms with van der Waals surface area (Å²) in [4.78, 5) is 13.7. The molecule has 1 aromatic carbocycles. The number of ether oxygens (including phenoxy) is 1. The van der Waals surface area contributed by atoms with Gasteiger partial charge in [0.15, 0.2) is 17.5 Å². The normalized spacial score (nSPS) is 16.1. The molecule has 2 rings (SSSR count). The Morgan fingerprint density at radius 1 is 1.23 bits per heavy atom.